The maximum Gasteiger partial charge on any atom is 0.135 e. The predicted molar refractivity (Wildman–Crippen MR) is 85.5 cm³/mol. The highest BCUT2D eigenvalue weighted by Gasteiger charge is 2.25. The zero-order valence-electron chi connectivity index (χ0n) is 13.2. The quantitative estimate of drug-likeness (QED) is 0.868. The van der Waals surface area contributed by atoms with Crippen molar-refractivity contribution in [2.45, 2.75) is 39.2 Å². The fourth-order valence-electron chi connectivity index (χ4n) is 3.13. The third-order valence-corrected chi connectivity index (χ3v) is 3.94. The molecule has 21 heavy (non-hydrogen) atoms. The standard InChI is InChI=1S/C18H25NO2/c1-13-9-14(2)11-17(10-13)21-18-7-6-16(20-3)12-15(18)5-4-8-19/h6-7,12-14,17H,8-11,19H2,1-3H3. The molecule has 1 fully saturated rings. The van der Waals surface area contributed by atoms with Gasteiger partial charge < -0.3 is 15.2 Å². The number of ether oxygens (including phenoxy) is 2. The van der Waals surface area contributed by atoms with Crippen molar-refractivity contribution in [3.05, 3.63) is 23.8 Å². The minimum Gasteiger partial charge on any atom is -0.497 e. The van der Waals surface area contributed by atoms with Crippen molar-refractivity contribution in [3.8, 4) is 23.3 Å². The number of hydrogen-bond acceptors (Lipinski definition) is 3. The van der Waals surface area contributed by atoms with Crippen LogP contribution in [0.1, 0.15) is 38.7 Å². The fraction of sp³-hybridized carbons (Fsp3) is 0.556. The van der Waals surface area contributed by atoms with Gasteiger partial charge in [0.2, 0.25) is 0 Å². The van der Waals surface area contributed by atoms with Gasteiger partial charge >= 0.3 is 0 Å². The number of nitrogens with two attached hydrogens (primary N) is 1. The Bertz CT molecular complexity index is 520. The van der Waals surface area contributed by atoms with Crippen LogP contribution in [0.15, 0.2) is 18.2 Å². The Labute approximate surface area is 127 Å². The lowest BCUT2D eigenvalue weighted by Crippen LogP contribution is -2.28. The molecular weight excluding hydrogens is 262 g/mol. The van der Waals surface area contributed by atoms with E-state index in [2.05, 4.69) is 25.7 Å². The molecule has 2 atom stereocenters. The Morgan fingerprint density at radius 1 is 1.19 bits per heavy atom. The van der Waals surface area contributed by atoms with Crippen molar-refractivity contribution in [1.82, 2.24) is 0 Å². The molecule has 1 aromatic rings. The summed E-state index contributed by atoms with van der Waals surface area (Å²) in [5.74, 6) is 9.03. The first-order valence-corrected chi connectivity index (χ1v) is 7.66. The monoisotopic (exact) mass is 287 g/mol. The number of rotatable bonds is 3. The van der Waals surface area contributed by atoms with E-state index >= 15 is 0 Å². The Morgan fingerprint density at radius 3 is 2.52 bits per heavy atom. The normalized spacial score (nSPS) is 24.9. The van der Waals surface area contributed by atoms with E-state index in [9.17, 15) is 0 Å². The van der Waals surface area contributed by atoms with Gasteiger partial charge in [0.1, 0.15) is 11.5 Å². The molecule has 0 bridgehead atoms. The lowest BCUT2D eigenvalue weighted by Gasteiger charge is -2.32. The van der Waals surface area contributed by atoms with Gasteiger partial charge in [-0.15, -0.1) is 0 Å². The second kappa shape index (κ2) is 7.38. The molecule has 1 aliphatic rings. The molecule has 0 aliphatic heterocycles. The average molecular weight is 287 g/mol. The van der Waals surface area contributed by atoms with Crippen molar-refractivity contribution in [2.75, 3.05) is 13.7 Å². The van der Waals surface area contributed by atoms with Crippen molar-refractivity contribution in [2.24, 2.45) is 17.6 Å². The SMILES string of the molecule is COc1ccc(OC2CC(C)CC(C)C2)c(C#CCN)c1. The van der Waals surface area contributed by atoms with Crippen LogP contribution in [0.25, 0.3) is 0 Å². The van der Waals surface area contributed by atoms with Gasteiger partial charge in [0.15, 0.2) is 0 Å². The molecular formula is C18H25NO2. The van der Waals surface area contributed by atoms with Gasteiger partial charge in [0.05, 0.1) is 25.3 Å². The van der Waals surface area contributed by atoms with E-state index in [1.807, 2.05) is 18.2 Å². The van der Waals surface area contributed by atoms with E-state index in [4.69, 9.17) is 15.2 Å². The molecule has 0 saturated heterocycles. The van der Waals surface area contributed by atoms with Crippen molar-refractivity contribution in [1.29, 1.82) is 0 Å². The lowest BCUT2D eigenvalue weighted by atomic mass is 9.82. The second-order valence-electron chi connectivity index (χ2n) is 6.03. The molecule has 0 spiro atoms. The molecule has 0 aromatic heterocycles. The third-order valence-electron chi connectivity index (χ3n) is 3.94. The minimum atomic E-state index is 0.274. The summed E-state index contributed by atoms with van der Waals surface area (Å²) in [6, 6.07) is 5.77. The molecule has 2 rings (SSSR count). The summed E-state index contributed by atoms with van der Waals surface area (Å²) >= 11 is 0. The molecule has 3 nitrogen and oxygen atoms in total. The zero-order chi connectivity index (χ0) is 15.2. The van der Waals surface area contributed by atoms with Gasteiger partial charge in [0.25, 0.3) is 0 Å². The van der Waals surface area contributed by atoms with Crippen LogP contribution < -0.4 is 15.2 Å². The highest BCUT2D eigenvalue weighted by atomic mass is 16.5. The fourth-order valence-corrected chi connectivity index (χ4v) is 3.13. The zero-order valence-corrected chi connectivity index (χ0v) is 13.2. The summed E-state index contributed by atoms with van der Waals surface area (Å²) < 4.78 is 11.5. The third kappa shape index (κ3) is 4.41. The van der Waals surface area contributed by atoms with Crippen LogP contribution in [0.3, 0.4) is 0 Å². The molecule has 0 amide bonds. The van der Waals surface area contributed by atoms with Crippen molar-refractivity contribution in [3.63, 3.8) is 0 Å². The van der Waals surface area contributed by atoms with E-state index in [0.717, 1.165) is 41.7 Å². The summed E-state index contributed by atoms with van der Waals surface area (Å²) in [7, 11) is 1.65. The van der Waals surface area contributed by atoms with Gasteiger partial charge in [0, 0.05) is 0 Å². The Balaban J connectivity index is 2.18. The molecule has 1 saturated carbocycles. The molecule has 114 valence electrons. The van der Waals surface area contributed by atoms with Crippen LogP contribution in [0.5, 0.6) is 11.5 Å². The minimum absolute atomic E-state index is 0.274. The van der Waals surface area contributed by atoms with Crippen LogP contribution >= 0.6 is 0 Å². The maximum absolute atomic E-state index is 6.22. The van der Waals surface area contributed by atoms with Crippen LogP contribution in [0.4, 0.5) is 0 Å². The molecule has 2 N–H and O–H groups in total. The smallest absolute Gasteiger partial charge is 0.135 e. The highest BCUT2D eigenvalue weighted by Crippen LogP contribution is 2.33. The van der Waals surface area contributed by atoms with Crippen molar-refractivity contribution < 1.29 is 9.47 Å². The van der Waals surface area contributed by atoms with Gasteiger partial charge in [-0.3, -0.25) is 0 Å². The molecule has 1 aromatic carbocycles. The molecule has 0 heterocycles. The van der Waals surface area contributed by atoms with E-state index in [-0.39, 0.29) is 6.10 Å². The van der Waals surface area contributed by atoms with Crippen LogP contribution in [0, 0.1) is 23.7 Å². The number of benzene rings is 1. The lowest BCUT2D eigenvalue weighted by molar-refractivity contribution is 0.101. The van der Waals surface area contributed by atoms with Crippen molar-refractivity contribution >= 4 is 0 Å². The van der Waals surface area contributed by atoms with Crippen LogP contribution in [-0.2, 0) is 0 Å². The summed E-state index contributed by atoms with van der Waals surface area (Å²) in [6.45, 7) is 4.94. The first-order chi connectivity index (χ1) is 10.1. The van der Waals surface area contributed by atoms with E-state index in [0.29, 0.717) is 6.54 Å². The first kappa shape index (κ1) is 15.7. The largest absolute Gasteiger partial charge is 0.497 e. The molecule has 1 aliphatic carbocycles. The topological polar surface area (TPSA) is 44.5 Å². The van der Waals surface area contributed by atoms with Gasteiger partial charge in [-0.05, 0) is 49.3 Å². The van der Waals surface area contributed by atoms with Crippen LogP contribution in [-0.4, -0.2) is 19.8 Å². The maximum atomic E-state index is 6.22. The highest BCUT2D eigenvalue weighted by molar-refractivity contribution is 5.50. The predicted octanol–water partition coefficient (Wildman–Crippen LogP) is 3.21. The Kier molecular flexibility index (Phi) is 5.52. The van der Waals surface area contributed by atoms with E-state index < -0.39 is 0 Å². The Hall–Kier alpha value is -1.66. The summed E-state index contributed by atoms with van der Waals surface area (Å²) in [6.07, 6.45) is 3.79. The second-order valence-corrected chi connectivity index (χ2v) is 6.03. The van der Waals surface area contributed by atoms with E-state index in [1.165, 1.54) is 6.42 Å². The summed E-state index contributed by atoms with van der Waals surface area (Å²) in [5.41, 5.74) is 6.32. The average Bonchev–Trinajstić information content (AvgIpc) is 2.45. The van der Waals surface area contributed by atoms with Gasteiger partial charge in [-0.25, -0.2) is 0 Å². The Morgan fingerprint density at radius 2 is 1.90 bits per heavy atom. The number of methoxy groups -OCH3 is 1. The van der Waals surface area contributed by atoms with Crippen LogP contribution in [0.2, 0.25) is 0 Å². The first-order valence-electron chi connectivity index (χ1n) is 7.66. The summed E-state index contributed by atoms with van der Waals surface area (Å²) in [4.78, 5) is 0. The molecule has 3 heteroatoms. The number of hydrogen-bond donors (Lipinski definition) is 1. The molecule has 2 unspecified atom stereocenters. The van der Waals surface area contributed by atoms with E-state index in [1.54, 1.807) is 7.11 Å². The summed E-state index contributed by atoms with van der Waals surface area (Å²) in [5, 5.41) is 0. The molecule has 0 radical (unpaired) electrons. The van der Waals surface area contributed by atoms with Gasteiger partial charge in [-0.1, -0.05) is 25.7 Å². The van der Waals surface area contributed by atoms with Gasteiger partial charge in [-0.2, -0.15) is 0 Å².